The maximum absolute atomic E-state index is 5.84. The van der Waals surface area contributed by atoms with Gasteiger partial charge in [0, 0.05) is 6.61 Å². The summed E-state index contributed by atoms with van der Waals surface area (Å²) in [4.78, 5) is 0. The summed E-state index contributed by atoms with van der Waals surface area (Å²) in [6, 6.07) is 0. The first kappa shape index (κ1) is 17.2. The van der Waals surface area contributed by atoms with E-state index in [0.717, 1.165) is 6.61 Å². The van der Waals surface area contributed by atoms with Crippen LogP contribution in [0.25, 0.3) is 0 Å². The minimum atomic E-state index is 0.382. The van der Waals surface area contributed by atoms with Crippen LogP contribution < -0.4 is 0 Å². The molecule has 1 heterocycles. The van der Waals surface area contributed by atoms with Crippen LogP contribution in [0.4, 0.5) is 0 Å². The topological polar surface area (TPSA) is 9.23 Å². The monoisotopic (exact) mass is 284 g/mol. The minimum Gasteiger partial charge on any atom is -0.374 e. The van der Waals surface area contributed by atoms with Crippen LogP contribution in [0.3, 0.4) is 0 Å². The first-order valence-electron chi connectivity index (χ1n) is 8.32. The number of rotatable bonds is 0. The van der Waals surface area contributed by atoms with Gasteiger partial charge in [0.05, 0.1) is 5.85 Å². The van der Waals surface area contributed by atoms with Crippen molar-refractivity contribution in [1.82, 2.24) is 0 Å². The molecule has 112 valence electrons. The highest BCUT2D eigenvalue weighted by Crippen LogP contribution is 2.17. The van der Waals surface area contributed by atoms with E-state index in [4.69, 9.17) is 4.74 Å². The maximum atomic E-state index is 5.84. The number of hydrogen-bond donors (Lipinski definition) is 0. The van der Waals surface area contributed by atoms with E-state index in [1.54, 1.807) is 5.57 Å². The highest BCUT2D eigenvalue weighted by atomic mass is 31.0. The Hall–Kier alpha value is 0.130. The first-order chi connectivity index (χ1) is 9.29. The number of allylic oxidation sites excluding steroid dienone is 2. The predicted molar refractivity (Wildman–Crippen MR) is 88.6 cm³/mol. The van der Waals surface area contributed by atoms with Crippen LogP contribution >= 0.6 is 9.24 Å². The molecule has 0 bridgehead atoms. The van der Waals surface area contributed by atoms with Crippen molar-refractivity contribution < 1.29 is 4.74 Å². The SMILES string of the molecule is CC1=CCCCCOC(P)CCCCCCCCC1. The van der Waals surface area contributed by atoms with E-state index >= 15 is 0 Å². The molecule has 1 nitrogen and oxygen atoms in total. The van der Waals surface area contributed by atoms with Gasteiger partial charge in [-0.2, -0.15) is 0 Å². The van der Waals surface area contributed by atoms with Crippen molar-refractivity contribution in [2.45, 2.75) is 89.8 Å². The van der Waals surface area contributed by atoms with Crippen molar-refractivity contribution in [2.24, 2.45) is 0 Å². The van der Waals surface area contributed by atoms with Crippen LogP contribution in [0, 0.1) is 0 Å². The second kappa shape index (κ2) is 11.9. The van der Waals surface area contributed by atoms with Crippen LogP contribution in [0.2, 0.25) is 0 Å². The molecule has 0 aromatic rings. The van der Waals surface area contributed by atoms with Crippen LogP contribution in [-0.4, -0.2) is 12.5 Å². The highest BCUT2D eigenvalue weighted by Gasteiger charge is 2.02. The molecule has 0 spiro atoms. The van der Waals surface area contributed by atoms with Gasteiger partial charge in [0.2, 0.25) is 0 Å². The Labute approximate surface area is 122 Å². The van der Waals surface area contributed by atoms with Crippen molar-refractivity contribution in [1.29, 1.82) is 0 Å². The summed E-state index contributed by atoms with van der Waals surface area (Å²) in [5.41, 5.74) is 1.59. The Kier molecular flexibility index (Phi) is 10.8. The quantitative estimate of drug-likeness (QED) is 0.401. The smallest absolute Gasteiger partial charge is 0.0708 e. The van der Waals surface area contributed by atoms with E-state index in [-0.39, 0.29) is 0 Å². The lowest BCUT2D eigenvalue weighted by atomic mass is 10.0. The Morgan fingerprint density at radius 1 is 0.947 bits per heavy atom. The van der Waals surface area contributed by atoms with E-state index in [1.807, 2.05) is 0 Å². The average Bonchev–Trinajstić information content (AvgIpc) is 2.40. The molecule has 0 saturated heterocycles. The van der Waals surface area contributed by atoms with Gasteiger partial charge in [-0.05, 0) is 45.4 Å². The second-order valence-electron chi connectivity index (χ2n) is 5.97. The summed E-state index contributed by atoms with van der Waals surface area (Å²) >= 11 is 0. The Balaban J connectivity index is 2.24. The van der Waals surface area contributed by atoms with Gasteiger partial charge in [0.15, 0.2) is 0 Å². The van der Waals surface area contributed by atoms with Gasteiger partial charge in [-0.15, -0.1) is 9.24 Å². The molecule has 1 aliphatic rings. The zero-order chi connectivity index (χ0) is 13.8. The molecule has 0 radical (unpaired) electrons. The lowest BCUT2D eigenvalue weighted by Crippen LogP contribution is -2.05. The van der Waals surface area contributed by atoms with Crippen molar-refractivity contribution in [3.05, 3.63) is 11.6 Å². The largest absolute Gasteiger partial charge is 0.374 e. The van der Waals surface area contributed by atoms with Crippen molar-refractivity contribution in [2.75, 3.05) is 6.61 Å². The molecule has 0 aromatic carbocycles. The van der Waals surface area contributed by atoms with Gasteiger partial charge in [-0.25, -0.2) is 0 Å². The van der Waals surface area contributed by atoms with Crippen molar-refractivity contribution >= 4 is 9.24 Å². The van der Waals surface area contributed by atoms with Crippen LogP contribution in [0.1, 0.15) is 84.0 Å². The molecule has 2 unspecified atom stereocenters. The average molecular weight is 284 g/mol. The molecular formula is C17H33OP. The standard InChI is InChI=1S/C17H33OP/c1-16-12-8-5-3-2-4-6-10-14-17(19)18-15-11-7-9-13-16/h13,17H,2-12,14-15,19H2,1H3. The van der Waals surface area contributed by atoms with Crippen molar-refractivity contribution in [3.63, 3.8) is 0 Å². The molecule has 0 amide bonds. The van der Waals surface area contributed by atoms with Gasteiger partial charge in [0.25, 0.3) is 0 Å². The number of hydrogen-bond acceptors (Lipinski definition) is 1. The predicted octanol–water partition coefficient (Wildman–Crippen LogP) is 5.85. The molecule has 1 aliphatic heterocycles. The van der Waals surface area contributed by atoms with E-state index < -0.39 is 0 Å². The van der Waals surface area contributed by atoms with Gasteiger partial charge in [-0.1, -0.05) is 50.2 Å². The third-order valence-corrected chi connectivity index (χ3v) is 4.51. The molecule has 0 aliphatic carbocycles. The third kappa shape index (κ3) is 10.6. The first-order valence-corrected chi connectivity index (χ1v) is 8.98. The molecule has 0 saturated carbocycles. The van der Waals surface area contributed by atoms with Gasteiger partial charge in [0.1, 0.15) is 0 Å². The van der Waals surface area contributed by atoms with Crippen LogP contribution in [-0.2, 0) is 4.74 Å². The summed E-state index contributed by atoms with van der Waals surface area (Å²) in [5, 5.41) is 0. The fourth-order valence-corrected chi connectivity index (χ4v) is 3.02. The summed E-state index contributed by atoms with van der Waals surface area (Å²) in [6.45, 7) is 3.23. The lowest BCUT2D eigenvalue weighted by Gasteiger charge is -2.12. The molecule has 2 atom stereocenters. The van der Waals surface area contributed by atoms with E-state index in [1.165, 1.54) is 77.0 Å². The fourth-order valence-electron chi connectivity index (χ4n) is 2.65. The zero-order valence-corrected chi connectivity index (χ0v) is 14.0. The molecular weight excluding hydrogens is 251 g/mol. The normalized spacial score (nSPS) is 26.4. The lowest BCUT2D eigenvalue weighted by molar-refractivity contribution is 0.101. The van der Waals surface area contributed by atoms with E-state index in [9.17, 15) is 0 Å². The zero-order valence-electron chi connectivity index (χ0n) is 12.8. The second-order valence-corrected chi connectivity index (χ2v) is 6.71. The van der Waals surface area contributed by atoms with Crippen LogP contribution in [0.5, 0.6) is 0 Å². The Morgan fingerprint density at radius 2 is 1.63 bits per heavy atom. The summed E-state index contributed by atoms with van der Waals surface area (Å²) in [6.07, 6.45) is 18.4. The summed E-state index contributed by atoms with van der Waals surface area (Å²) in [5.74, 6) is 0.382. The molecule has 0 aromatic heterocycles. The molecule has 0 fully saturated rings. The number of ether oxygens (including phenoxy) is 1. The summed E-state index contributed by atoms with van der Waals surface area (Å²) < 4.78 is 5.84. The Bertz CT molecular complexity index is 237. The maximum Gasteiger partial charge on any atom is 0.0708 e. The van der Waals surface area contributed by atoms with Gasteiger partial charge in [-0.3, -0.25) is 0 Å². The van der Waals surface area contributed by atoms with E-state index in [0.29, 0.717) is 5.85 Å². The van der Waals surface area contributed by atoms with Gasteiger partial charge < -0.3 is 4.74 Å². The highest BCUT2D eigenvalue weighted by molar-refractivity contribution is 7.17. The summed E-state index contributed by atoms with van der Waals surface area (Å²) in [7, 11) is 2.85. The molecule has 19 heavy (non-hydrogen) atoms. The third-order valence-electron chi connectivity index (χ3n) is 3.98. The molecule has 2 heteroatoms. The fraction of sp³-hybridized carbons (Fsp3) is 0.882. The van der Waals surface area contributed by atoms with Gasteiger partial charge >= 0.3 is 0 Å². The Morgan fingerprint density at radius 3 is 2.42 bits per heavy atom. The minimum absolute atomic E-state index is 0.382. The molecule has 1 rings (SSSR count). The van der Waals surface area contributed by atoms with Crippen LogP contribution in [0.15, 0.2) is 11.6 Å². The van der Waals surface area contributed by atoms with Crippen molar-refractivity contribution in [3.8, 4) is 0 Å². The molecule has 0 N–H and O–H groups in total. The van der Waals surface area contributed by atoms with E-state index in [2.05, 4.69) is 22.2 Å².